The number of aromatic nitrogens is 8. The van der Waals surface area contributed by atoms with Gasteiger partial charge in [0.05, 0.1) is 28.5 Å². The van der Waals surface area contributed by atoms with Crippen LogP contribution in [0.15, 0.2) is 206 Å². The first-order valence-electron chi connectivity index (χ1n) is 23.7. The largest absolute Gasteiger partial charge is 0.421 e. The van der Waals surface area contributed by atoms with Gasteiger partial charge in [-0.25, -0.2) is 17.6 Å². The van der Waals surface area contributed by atoms with Crippen molar-refractivity contribution in [1.29, 1.82) is 0 Å². The number of nitrogens with zero attached hydrogens (tertiary/aromatic N) is 8. The van der Waals surface area contributed by atoms with Gasteiger partial charge in [0.2, 0.25) is 0 Å². The van der Waals surface area contributed by atoms with Gasteiger partial charge in [-0.1, -0.05) is 127 Å². The Morgan fingerprint density at radius 3 is 1.19 bits per heavy atom. The summed E-state index contributed by atoms with van der Waals surface area (Å²) in [5, 5.41) is 7.65. The van der Waals surface area contributed by atoms with Crippen LogP contribution < -0.4 is 14.2 Å². The van der Waals surface area contributed by atoms with Crippen molar-refractivity contribution in [3.8, 4) is 79.3 Å². The molecule has 0 fully saturated rings. The average molecular weight is 1240 g/mol. The number of hydrogen-bond donors (Lipinski definition) is 0. The van der Waals surface area contributed by atoms with Crippen LogP contribution in [-0.4, -0.2) is 24.2 Å². The number of benzene rings is 8. The van der Waals surface area contributed by atoms with E-state index in [1.165, 1.54) is 30.4 Å². The summed E-state index contributed by atoms with van der Waals surface area (Å²) < 4.78 is 120. The van der Waals surface area contributed by atoms with Crippen molar-refractivity contribution in [3.05, 3.63) is 284 Å². The Morgan fingerprint density at radius 1 is 0.443 bits per heavy atom. The van der Waals surface area contributed by atoms with Crippen molar-refractivity contribution in [2.24, 2.45) is 0 Å². The monoisotopic (exact) mass is 1240 g/mol. The van der Waals surface area contributed by atoms with Gasteiger partial charge in [-0.15, -0.1) is 24.3 Å². The molecule has 12 aromatic rings. The predicted octanol–water partition coefficient (Wildman–Crippen LogP) is 13.3. The molecule has 8 nitrogen and oxygen atoms in total. The molecule has 0 atom stereocenters. The van der Waals surface area contributed by atoms with E-state index in [1.807, 2.05) is 140 Å². The molecule has 8 aromatic carbocycles. The smallest absolute Gasteiger partial charge is 0.268 e. The summed E-state index contributed by atoms with van der Waals surface area (Å²) in [5.41, 5.74) is 5.32. The van der Waals surface area contributed by atoms with Gasteiger partial charge in [0.25, 0.3) is 12.7 Å². The molecule has 4 aromatic heterocycles. The van der Waals surface area contributed by atoms with Crippen LogP contribution in [0.5, 0.6) is 0 Å². The van der Waals surface area contributed by atoms with Crippen molar-refractivity contribution >= 4 is 0 Å². The first-order chi connectivity index (χ1) is 37.9. The van der Waals surface area contributed by atoms with Gasteiger partial charge >= 0.3 is 0 Å². The number of imidazole rings is 2. The first kappa shape index (κ1) is 54.4. The minimum atomic E-state index is -0.857. The van der Waals surface area contributed by atoms with Crippen LogP contribution in [0.3, 0.4) is 0 Å². The first-order valence-corrected chi connectivity index (χ1v) is 23.7. The Kier molecular flexibility index (Phi) is 16.7. The summed E-state index contributed by atoms with van der Waals surface area (Å²) in [5.74, 6) is -5.06. The maximum atomic E-state index is 14.9. The van der Waals surface area contributed by atoms with Gasteiger partial charge in [0.15, 0.2) is 0 Å². The maximum absolute atomic E-state index is 14.9. The fraction of sp³-hybridized carbons (Fsp3) is 0.0161. The van der Waals surface area contributed by atoms with E-state index in [0.717, 1.165) is 54.2 Å². The molecule has 1 radical (unpaired) electrons. The van der Waals surface area contributed by atoms with Crippen LogP contribution in [0.25, 0.3) is 79.3 Å². The van der Waals surface area contributed by atoms with Crippen LogP contribution in [0.1, 0.15) is 5.82 Å². The Morgan fingerprint density at radius 2 is 0.835 bits per heavy atom. The second-order valence-electron chi connectivity index (χ2n) is 17.0. The molecule has 4 heterocycles. The molecule has 79 heavy (non-hydrogen) atoms. The van der Waals surface area contributed by atoms with E-state index >= 15 is 0 Å². The predicted molar refractivity (Wildman–Crippen MR) is 275 cm³/mol. The zero-order chi connectivity index (χ0) is 54.3. The Bertz CT molecular complexity index is 3590. The zero-order valence-electron chi connectivity index (χ0n) is 41.1. The molecule has 393 valence electrons. The third-order valence-electron chi connectivity index (χ3n) is 11.8. The molecular weight excluding hydrogens is 1200 g/mol. The molecule has 0 aliphatic heterocycles. The van der Waals surface area contributed by atoms with Crippen LogP contribution in [0.4, 0.5) is 35.1 Å². The Balaban J connectivity index is 0.000000157. The summed E-state index contributed by atoms with van der Waals surface area (Å²) >= 11 is 0. The molecule has 0 aliphatic carbocycles. The third-order valence-corrected chi connectivity index (χ3v) is 11.8. The van der Waals surface area contributed by atoms with Crippen LogP contribution in [0.2, 0.25) is 0 Å². The molecule has 0 amide bonds. The summed E-state index contributed by atoms with van der Waals surface area (Å²) in [6, 6.07) is 57.2. The molecule has 0 unspecified atom stereocenters. The SMILES string of the molecule is Cc1n[n-]c(-c2ccccn2)n1.Fc1c[c-]c(-n2[c-][n+](-c3ccc(F)cc3F)c(-c3ccccc3)c2-c2ccccc2)c(F)c1.Fc1c[c-]c(-n2[c-][n+](-c3ccc(F)cc3F)c(-c3ccccc3)c2-c2ccccc2)c(F)c1.[Ir]. The molecule has 0 N–H and O–H groups in total. The number of hydrogen-bond acceptors (Lipinski definition) is 3. The van der Waals surface area contributed by atoms with Gasteiger partial charge in [-0.05, 0) is 82.8 Å². The van der Waals surface area contributed by atoms with Crippen molar-refractivity contribution < 1.29 is 64.4 Å². The van der Waals surface area contributed by atoms with Crippen LogP contribution >= 0.6 is 0 Å². The van der Waals surface area contributed by atoms with Crippen molar-refractivity contribution in [2.45, 2.75) is 6.92 Å². The van der Waals surface area contributed by atoms with Gasteiger partial charge in [0.1, 0.15) is 34.6 Å². The minimum Gasteiger partial charge on any atom is -0.421 e. The van der Waals surface area contributed by atoms with E-state index in [9.17, 15) is 35.1 Å². The van der Waals surface area contributed by atoms with E-state index in [-0.39, 0.29) is 42.9 Å². The van der Waals surface area contributed by atoms with Crippen molar-refractivity contribution in [3.63, 3.8) is 0 Å². The number of aryl methyl sites for hydroxylation is 1. The number of rotatable bonds is 9. The van der Waals surface area contributed by atoms with Crippen molar-refractivity contribution in [1.82, 2.24) is 29.3 Å². The minimum absolute atomic E-state index is 0. The quantitative estimate of drug-likeness (QED) is 0.0820. The Labute approximate surface area is 461 Å². The van der Waals surface area contributed by atoms with Crippen molar-refractivity contribution in [2.75, 3.05) is 0 Å². The molecule has 12 rings (SSSR count). The van der Waals surface area contributed by atoms with E-state index in [2.05, 4.69) is 45.0 Å². The standard InChI is InChI=1S/2C27H15F4N2.C8H7N4.Ir/c2*28-20-11-13-24(22(30)15-20)32-17-33(25-14-12-21(29)16-23(25)31)27(19-9-5-2-6-10-19)26(32)18-7-3-1-4-8-18;1-6-10-8(12-11-6)7-4-2-3-5-9-7;/h2*1-13,15-16H;2-5H,1H3;/q3*-1;. The molecule has 0 spiro atoms. The van der Waals surface area contributed by atoms with Crippen LogP contribution in [0, 0.1) is 78.2 Å². The molecule has 17 heteroatoms. The summed E-state index contributed by atoms with van der Waals surface area (Å²) in [4.78, 5) is 8.19. The fourth-order valence-corrected chi connectivity index (χ4v) is 8.41. The van der Waals surface area contributed by atoms with E-state index in [4.69, 9.17) is 0 Å². The van der Waals surface area contributed by atoms with E-state index in [1.54, 1.807) is 13.1 Å². The van der Waals surface area contributed by atoms with Gasteiger partial charge in [0, 0.05) is 67.5 Å². The summed E-state index contributed by atoms with van der Waals surface area (Å²) in [6.45, 7) is 1.80. The van der Waals surface area contributed by atoms with Gasteiger partial charge in [-0.3, -0.25) is 36.8 Å². The Hall–Kier alpha value is -9.44. The zero-order valence-corrected chi connectivity index (χ0v) is 43.5. The number of pyridine rings is 1. The summed E-state index contributed by atoms with van der Waals surface area (Å²) in [6.07, 6.45) is 7.66. The normalized spacial score (nSPS) is 10.7. The average Bonchev–Trinajstić information content (AvgIpc) is 4.41. The van der Waals surface area contributed by atoms with Crippen LogP contribution in [-0.2, 0) is 20.1 Å². The van der Waals surface area contributed by atoms with E-state index < -0.39 is 46.5 Å². The number of halogens is 8. The second kappa shape index (κ2) is 24.3. The summed E-state index contributed by atoms with van der Waals surface area (Å²) in [7, 11) is 0. The maximum Gasteiger partial charge on any atom is 0.268 e. The topological polar surface area (TPSA) is 70.4 Å². The molecular formula is C62H37F8IrN8-3. The molecule has 0 bridgehead atoms. The third kappa shape index (κ3) is 11.9. The fourth-order valence-electron chi connectivity index (χ4n) is 8.41. The van der Waals surface area contributed by atoms with E-state index in [0.29, 0.717) is 56.7 Å². The molecule has 0 aliphatic rings. The van der Waals surface area contributed by atoms with Gasteiger partial charge < -0.3 is 19.2 Å². The second-order valence-corrected chi connectivity index (χ2v) is 17.0. The molecule has 0 saturated heterocycles. The van der Waals surface area contributed by atoms with Gasteiger partial charge in [-0.2, -0.15) is 12.1 Å². The molecule has 0 saturated carbocycles.